The number of nitrogens with zero attached hydrogens (tertiary/aromatic N) is 1. The molecule has 116 valence electrons. The van der Waals surface area contributed by atoms with E-state index < -0.39 is 10.0 Å². The molecule has 0 radical (unpaired) electrons. The maximum absolute atomic E-state index is 12.9. The van der Waals surface area contributed by atoms with Crippen molar-refractivity contribution in [2.45, 2.75) is 10.3 Å². The molecule has 2 aromatic carbocycles. The Labute approximate surface area is 147 Å². The summed E-state index contributed by atoms with van der Waals surface area (Å²) in [6, 6.07) is 14.1. The molecule has 0 saturated carbocycles. The number of rotatable bonds is 3. The van der Waals surface area contributed by atoms with E-state index in [1.165, 1.54) is 4.31 Å². The van der Waals surface area contributed by atoms with Crippen LogP contribution in [0.3, 0.4) is 0 Å². The highest BCUT2D eigenvalue weighted by Crippen LogP contribution is 2.43. The Morgan fingerprint density at radius 3 is 2.50 bits per heavy atom. The van der Waals surface area contributed by atoms with Crippen molar-refractivity contribution in [3.63, 3.8) is 0 Å². The monoisotopic (exact) mass is 417 g/mol. The molecule has 0 aliphatic carbocycles. The van der Waals surface area contributed by atoms with Gasteiger partial charge in [-0.1, -0.05) is 45.7 Å². The smallest absolute Gasteiger partial charge is 0.207 e. The molecule has 1 atom stereocenters. The summed E-state index contributed by atoms with van der Waals surface area (Å²) < 4.78 is 28.2. The van der Waals surface area contributed by atoms with Crippen molar-refractivity contribution in [3.8, 4) is 0 Å². The van der Waals surface area contributed by atoms with E-state index in [9.17, 15) is 8.42 Å². The van der Waals surface area contributed by atoms with Crippen molar-refractivity contribution in [1.29, 1.82) is 0 Å². The molecule has 2 aromatic rings. The molecule has 3 nitrogen and oxygen atoms in total. The van der Waals surface area contributed by atoms with Gasteiger partial charge in [0.1, 0.15) is 0 Å². The van der Waals surface area contributed by atoms with Crippen LogP contribution in [-0.2, 0) is 10.0 Å². The number of sulfonamides is 1. The van der Waals surface area contributed by atoms with E-state index in [-0.39, 0.29) is 5.37 Å². The van der Waals surface area contributed by atoms with Gasteiger partial charge in [0.2, 0.25) is 10.0 Å². The van der Waals surface area contributed by atoms with Crippen LogP contribution in [0.25, 0.3) is 0 Å². The lowest BCUT2D eigenvalue weighted by atomic mass is 10.2. The van der Waals surface area contributed by atoms with Crippen LogP contribution in [0.2, 0.25) is 5.02 Å². The Morgan fingerprint density at radius 1 is 1.14 bits per heavy atom. The molecule has 0 aromatic heterocycles. The van der Waals surface area contributed by atoms with Gasteiger partial charge in [-0.25, -0.2) is 8.42 Å². The first-order valence-electron chi connectivity index (χ1n) is 6.63. The normalized spacial score (nSPS) is 19.5. The van der Waals surface area contributed by atoms with Crippen LogP contribution < -0.4 is 0 Å². The van der Waals surface area contributed by atoms with Gasteiger partial charge in [-0.2, -0.15) is 4.31 Å². The van der Waals surface area contributed by atoms with Crippen LogP contribution in [0.4, 0.5) is 0 Å². The first-order chi connectivity index (χ1) is 10.5. The first-order valence-corrected chi connectivity index (χ1v) is 10.3. The van der Waals surface area contributed by atoms with Gasteiger partial charge in [-0.15, -0.1) is 11.8 Å². The van der Waals surface area contributed by atoms with Gasteiger partial charge >= 0.3 is 0 Å². The largest absolute Gasteiger partial charge is 0.244 e. The van der Waals surface area contributed by atoms with E-state index in [1.807, 2.05) is 18.2 Å². The molecule has 1 aliphatic rings. The minimum absolute atomic E-state index is 0.276. The predicted octanol–water partition coefficient (Wildman–Crippen LogP) is 4.54. The van der Waals surface area contributed by atoms with Crippen LogP contribution in [0, 0.1) is 0 Å². The second-order valence-corrected chi connectivity index (χ2v) is 9.22. The second-order valence-electron chi connectivity index (χ2n) is 4.81. The molecule has 0 N–H and O–H groups in total. The molecule has 0 bridgehead atoms. The number of hydrogen-bond donors (Lipinski definition) is 0. The maximum atomic E-state index is 12.9. The highest BCUT2D eigenvalue weighted by atomic mass is 79.9. The molecule has 1 fully saturated rings. The minimum Gasteiger partial charge on any atom is -0.207 e. The average Bonchev–Trinajstić information content (AvgIpc) is 2.98. The van der Waals surface area contributed by atoms with Gasteiger partial charge < -0.3 is 0 Å². The molecule has 3 rings (SSSR count). The van der Waals surface area contributed by atoms with E-state index in [4.69, 9.17) is 11.6 Å². The zero-order chi connectivity index (χ0) is 15.7. The van der Waals surface area contributed by atoms with Gasteiger partial charge in [-0.3, -0.25) is 0 Å². The van der Waals surface area contributed by atoms with Crippen molar-refractivity contribution >= 4 is 49.3 Å². The van der Waals surface area contributed by atoms with Gasteiger partial charge in [0.05, 0.1) is 10.3 Å². The van der Waals surface area contributed by atoms with Crippen molar-refractivity contribution in [2.24, 2.45) is 0 Å². The number of benzene rings is 2. The molecule has 0 amide bonds. The van der Waals surface area contributed by atoms with E-state index in [1.54, 1.807) is 42.1 Å². The third-order valence-electron chi connectivity index (χ3n) is 3.44. The van der Waals surface area contributed by atoms with E-state index >= 15 is 0 Å². The van der Waals surface area contributed by atoms with Crippen molar-refractivity contribution in [2.75, 3.05) is 12.3 Å². The summed E-state index contributed by atoms with van der Waals surface area (Å²) in [4.78, 5) is 0.301. The van der Waals surface area contributed by atoms with E-state index in [2.05, 4.69) is 15.9 Å². The lowest BCUT2D eigenvalue weighted by molar-refractivity contribution is 0.434. The Bertz CT molecular complexity index is 780. The molecule has 7 heteroatoms. The highest BCUT2D eigenvalue weighted by molar-refractivity contribution is 9.10. The molecule has 1 heterocycles. The van der Waals surface area contributed by atoms with Crippen LogP contribution in [-0.4, -0.2) is 25.0 Å². The van der Waals surface area contributed by atoms with Gasteiger partial charge in [0.25, 0.3) is 0 Å². The van der Waals surface area contributed by atoms with Crippen LogP contribution in [0.15, 0.2) is 57.9 Å². The summed E-state index contributed by atoms with van der Waals surface area (Å²) in [6.45, 7) is 0.485. The average molecular weight is 419 g/mol. The Morgan fingerprint density at radius 2 is 1.82 bits per heavy atom. The number of halogens is 2. The fraction of sp³-hybridized carbons (Fsp3) is 0.200. The molecular weight excluding hydrogens is 406 g/mol. The van der Waals surface area contributed by atoms with Gasteiger partial charge in [-0.05, 0) is 35.9 Å². The predicted molar refractivity (Wildman–Crippen MR) is 94.7 cm³/mol. The van der Waals surface area contributed by atoms with Crippen molar-refractivity contribution in [3.05, 3.63) is 63.6 Å². The topological polar surface area (TPSA) is 37.4 Å². The Hall–Kier alpha value is -0.530. The fourth-order valence-corrected chi connectivity index (χ4v) is 6.20. The third-order valence-corrected chi connectivity index (χ3v) is 7.57. The molecule has 22 heavy (non-hydrogen) atoms. The molecule has 0 unspecified atom stereocenters. The fourth-order valence-electron chi connectivity index (χ4n) is 2.36. The minimum atomic E-state index is -3.54. The SMILES string of the molecule is O=S(=O)(c1ccc(Br)cc1)N1CCS[C@H]1c1ccccc1Cl. The Balaban J connectivity index is 1.99. The molecular formula is C15H13BrClNO2S2. The lowest BCUT2D eigenvalue weighted by Gasteiger charge is -2.24. The van der Waals surface area contributed by atoms with Crippen molar-refractivity contribution in [1.82, 2.24) is 4.31 Å². The van der Waals surface area contributed by atoms with Crippen molar-refractivity contribution < 1.29 is 8.42 Å². The molecule has 1 saturated heterocycles. The maximum Gasteiger partial charge on any atom is 0.244 e. The van der Waals surface area contributed by atoms with Crippen LogP contribution >= 0.6 is 39.3 Å². The lowest BCUT2D eigenvalue weighted by Crippen LogP contribution is -2.30. The number of hydrogen-bond acceptors (Lipinski definition) is 3. The summed E-state index contributed by atoms with van der Waals surface area (Å²) in [6.07, 6.45) is 0. The van der Waals surface area contributed by atoms with Crippen LogP contribution in [0.1, 0.15) is 10.9 Å². The van der Waals surface area contributed by atoms with E-state index in [0.717, 1.165) is 15.8 Å². The quantitative estimate of drug-likeness (QED) is 0.734. The molecule has 1 aliphatic heterocycles. The zero-order valence-electron chi connectivity index (χ0n) is 11.4. The van der Waals surface area contributed by atoms with Gasteiger partial charge in [0, 0.05) is 21.8 Å². The highest BCUT2D eigenvalue weighted by Gasteiger charge is 2.37. The summed E-state index contributed by atoms with van der Waals surface area (Å²) in [5, 5.41) is 0.320. The first kappa shape index (κ1) is 16.3. The summed E-state index contributed by atoms with van der Waals surface area (Å²) >= 11 is 11.2. The van der Waals surface area contributed by atoms with E-state index in [0.29, 0.717) is 16.5 Å². The standard InChI is InChI=1S/C15H13BrClNO2S2/c16-11-5-7-12(8-6-11)22(19,20)18-9-10-21-15(18)13-3-1-2-4-14(13)17/h1-8,15H,9-10H2/t15-/m0/s1. The summed E-state index contributed by atoms with van der Waals surface area (Å²) in [5.74, 6) is 0.756. The summed E-state index contributed by atoms with van der Waals surface area (Å²) in [7, 11) is -3.54. The Kier molecular flexibility index (Phi) is 4.85. The van der Waals surface area contributed by atoms with Gasteiger partial charge in [0.15, 0.2) is 0 Å². The zero-order valence-corrected chi connectivity index (χ0v) is 15.4. The number of thioether (sulfide) groups is 1. The third kappa shape index (κ3) is 3.08. The second kappa shape index (κ2) is 6.53. The molecule has 0 spiro atoms. The summed E-state index contributed by atoms with van der Waals surface area (Å²) in [5.41, 5.74) is 0.840. The van der Waals surface area contributed by atoms with Crippen LogP contribution in [0.5, 0.6) is 0 Å².